The van der Waals surface area contributed by atoms with Gasteiger partial charge in [0.2, 0.25) is 17.8 Å². The standard InChI is InChI=1S/C17H23N5O2/c23-15-11-13(12-22(15)14-3-4-14)16(24)20-7-2-8-21(10-9-20)17-18-5-1-6-19-17/h1,5-6,13-14H,2-4,7-12H2/t13-/m0/s1. The van der Waals surface area contributed by atoms with Crippen molar-refractivity contribution in [1.29, 1.82) is 0 Å². The maximum absolute atomic E-state index is 12.8. The van der Waals surface area contributed by atoms with E-state index in [1.165, 1.54) is 0 Å². The van der Waals surface area contributed by atoms with Crippen LogP contribution in [-0.4, -0.2) is 70.3 Å². The van der Waals surface area contributed by atoms with E-state index in [9.17, 15) is 9.59 Å². The molecule has 0 aromatic carbocycles. The van der Waals surface area contributed by atoms with E-state index in [1.54, 1.807) is 18.5 Å². The van der Waals surface area contributed by atoms with E-state index < -0.39 is 0 Å². The van der Waals surface area contributed by atoms with Gasteiger partial charge in [0, 0.05) is 57.6 Å². The van der Waals surface area contributed by atoms with Gasteiger partial charge in [0.1, 0.15) is 0 Å². The third kappa shape index (κ3) is 3.07. The third-order valence-electron chi connectivity index (χ3n) is 5.14. The second-order valence-electron chi connectivity index (χ2n) is 6.89. The Morgan fingerprint density at radius 3 is 2.62 bits per heavy atom. The fourth-order valence-electron chi connectivity index (χ4n) is 3.69. The van der Waals surface area contributed by atoms with E-state index in [4.69, 9.17) is 0 Å². The number of amides is 2. The van der Waals surface area contributed by atoms with Crippen molar-refractivity contribution in [3.05, 3.63) is 18.5 Å². The van der Waals surface area contributed by atoms with Crippen molar-refractivity contribution in [2.24, 2.45) is 5.92 Å². The van der Waals surface area contributed by atoms with Crippen LogP contribution in [0.1, 0.15) is 25.7 Å². The quantitative estimate of drug-likeness (QED) is 0.809. The van der Waals surface area contributed by atoms with Crippen LogP contribution in [-0.2, 0) is 9.59 Å². The van der Waals surface area contributed by atoms with Gasteiger partial charge < -0.3 is 14.7 Å². The molecule has 7 heteroatoms. The molecule has 4 rings (SSSR count). The van der Waals surface area contributed by atoms with Crippen LogP contribution in [0.5, 0.6) is 0 Å². The lowest BCUT2D eigenvalue weighted by atomic mass is 10.1. The minimum Gasteiger partial charge on any atom is -0.341 e. The maximum atomic E-state index is 12.8. The SMILES string of the molecule is O=C([C@H]1CC(=O)N(C2CC2)C1)N1CCCN(c2ncccn2)CC1. The highest BCUT2D eigenvalue weighted by Crippen LogP contribution is 2.33. The molecule has 1 aliphatic carbocycles. The minimum atomic E-state index is -0.155. The zero-order valence-electron chi connectivity index (χ0n) is 13.8. The zero-order valence-corrected chi connectivity index (χ0v) is 13.8. The lowest BCUT2D eigenvalue weighted by Crippen LogP contribution is -2.40. The van der Waals surface area contributed by atoms with E-state index >= 15 is 0 Å². The highest BCUT2D eigenvalue weighted by Gasteiger charge is 2.42. The van der Waals surface area contributed by atoms with Gasteiger partial charge in [-0.25, -0.2) is 9.97 Å². The molecule has 1 aromatic heterocycles. The summed E-state index contributed by atoms with van der Waals surface area (Å²) in [6.07, 6.45) is 6.97. The summed E-state index contributed by atoms with van der Waals surface area (Å²) in [5.41, 5.74) is 0. The molecule has 0 N–H and O–H groups in total. The molecular weight excluding hydrogens is 306 g/mol. The molecule has 3 fully saturated rings. The lowest BCUT2D eigenvalue weighted by Gasteiger charge is -2.24. The first-order chi connectivity index (χ1) is 11.7. The van der Waals surface area contributed by atoms with Crippen molar-refractivity contribution in [2.45, 2.75) is 31.7 Å². The first-order valence-electron chi connectivity index (χ1n) is 8.82. The molecule has 0 unspecified atom stereocenters. The molecule has 3 heterocycles. The Labute approximate surface area is 141 Å². The molecule has 128 valence electrons. The van der Waals surface area contributed by atoms with E-state index in [2.05, 4.69) is 14.9 Å². The predicted octanol–water partition coefficient (Wildman–Crippen LogP) is 0.526. The lowest BCUT2D eigenvalue weighted by molar-refractivity contribution is -0.135. The molecule has 1 aromatic rings. The summed E-state index contributed by atoms with van der Waals surface area (Å²) in [5.74, 6) is 0.868. The van der Waals surface area contributed by atoms with Crippen molar-refractivity contribution in [3.63, 3.8) is 0 Å². The fraction of sp³-hybridized carbons (Fsp3) is 0.647. The summed E-state index contributed by atoms with van der Waals surface area (Å²) in [5, 5.41) is 0. The molecule has 7 nitrogen and oxygen atoms in total. The summed E-state index contributed by atoms with van der Waals surface area (Å²) in [6, 6.07) is 2.21. The number of nitrogens with zero attached hydrogens (tertiary/aromatic N) is 5. The topological polar surface area (TPSA) is 69.6 Å². The van der Waals surface area contributed by atoms with Crippen molar-refractivity contribution >= 4 is 17.8 Å². The first kappa shape index (κ1) is 15.4. The van der Waals surface area contributed by atoms with Gasteiger partial charge in [0.25, 0.3) is 0 Å². The Balaban J connectivity index is 1.37. The van der Waals surface area contributed by atoms with Crippen molar-refractivity contribution in [3.8, 4) is 0 Å². The molecule has 0 spiro atoms. The Kier molecular flexibility index (Phi) is 4.08. The molecule has 2 aliphatic heterocycles. The van der Waals surface area contributed by atoms with Crippen LogP contribution in [0, 0.1) is 5.92 Å². The zero-order chi connectivity index (χ0) is 16.5. The van der Waals surface area contributed by atoms with Crippen LogP contribution < -0.4 is 4.90 Å². The predicted molar refractivity (Wildman–Crippen MR) is 88.3 cm³/mol. The molecule has 1 saturated carbocycles. The normalized spacial score (nSPS) is 25.1. The average molecular weight is 329 g/mol. The van der Waals surface area contributed by atoms with Gasteiger partial charge in [-0.2, -0.15) is 0 Å². The van der Waals surface area contributed by atoms with Crippen LogP contribution in [0.3, 0.4) is 0 Å². The number of carbonyl (C=O) groups is 2. The van der Waals surface area contributed by atoms with Gasteiger partial charge in [-0.1, -0.05) is 0 Å². The molecule has 2 saturated heterocycles. The first-order valence-corrected chi connectivity index (χ1v) is 8.82. The molecule has 24 heavy (non-hydrogen) atoms. The summed E-state index contributed by atoms with van der Waals surface area (Å²) in [7, 11) is 0. The maximum Gasteiger partial charge on any atom is 0.228 e. The molecule has 3 aliphatic rings. The third-order valence-corrected chi connectivity index (χ3v) is 5.14. The number of hydrogen-bond acceptors (Lipinski definition) is 5. The van der Waals surface area contributed by atoms with Crippen molar-refractivity contribution in [2.75, 3.05) is 37.6 Å². The molecule has 0 bridgehead atoms. The summed E-state index contributed by atoms with van der Waals surface area (Å²) >= 11 is 0. The van der Waals surface area contributed by atoms with E-state index in [0.717, 1.165) is 44.8 Å². The molecule has 2 amide bonds. The van der Waals surface area contributed by atoms with E-state index in [-0.39, 0.29) is 17.7 Å². The number of anilines is 1. The summed E-state index contributed by atoms with van der Waals surface area (Å²) in [4.78, 5) is 39.5. The number of carbonyl (C=O) groups excluding carboxylic acids is 2. The average Bonchev–Trinajstić information content (AvgIpc) is 3.41. The van der Waals surface area contributed by atoms with Gasteiger partial charge in [0.05, 0.1) is 5.92 Å². The number of likely N-dealkylation sites (tertiary alicyclic amines) is 1. The smallest absolute Gasteiger partial charge is 0.228 e. The van der Waals surface area contributed by atoms with E-state index in [1.807, 2.05) is 9.80 Å². The highest BCUT2D eigenvalue weighted by molar-refractivity contribution is 5.89. The Morgan fingerprint density at radius 2 is 1.88 bits per heavy atom. The van der Waals surface area contributed by atoms with Gasteiger partial charge in [0.15, 0.2) is 0 Å². The number of rotatable bonds is 3. The monoisotopic (exact) mass is 329 g/mol. The highest BCUT2D eigenvalue weighted by atomic mass is 16.2. The Hall–Kier alpha value is -2.18. The van der Waals surface area contributed by atoms with Gasteiger partial charge in [-0.3, -0.25) is 9.59 Å². The molecule has 0 radical (unpaired) electrons. The van der Waals surface area contributed by atoms with Crippen LogP contribution in [0.4, 0.5) is 5.95 Å². The number of hydrogen-bond donors (Lipinski definition) is 0. The second kappa shape index (κ2) is 6.37. The largest absolute Gasteiger partial charge is 0.341 e. The number of aromatic nitrogens is 2. The Morgan fingerprint density at radius 1 is 1.08 bits per heavy atom. The summed E-state index contributed by atoms with van der Waals surface area (Å²) < 4.78 is 0. The van der Waals surface area contributed by atoms with Gasteiger partial charge in [-0.05, 0) is 25.3 Å². The van der Waals surface area contributed by atoms with Crippen molar-refractivity contribution < 1.29 is 9.59 Å². The summed E-state index contributed by atoms with van der Waals surface area (Å²) in [6.45, 7) is 3.63. The molecule has 1 atom stereocenters. The van der Waals surface area contributed by atoms with Crippen molar-refractivity contribution in [1.82, 2.24) is 19.8 Å². The fourth-order valence-corrected chi connectivity index (χ4v) is 3.69. The minimum absolute atomic E-state index is 0.141. The van der Waals surface area contributed by atoms with Crippen LogP contribution >= 0.6 is 0 Å². The van der Waals surface area contributed by atoms with Crippen LogP contribution in [0.25, 0.3) is 0 Å². The van der Waals surface area contributed by atoms with Gasteiger partial charge in [-0.15, -0.1) is 0 Å². The second-order valence-corrected chi connectivity index (χ2v) is 6.89. The Bertz CT molecular complexity index is 619. The van der Waals surface area contributed by atoms with Crippen LogP contribution in [0.15, 0.2) is 18.5 Å². The van der Waals surface area contributed by atoms with E-state index in [0.29, 0.717) is 25.6 Å². The molecular formula is C17H23N5O2. The van der Waals surface area contributed by atoms with Gasteiger partial charge >= 0.3 is 0 Å². The van der Waals surface area contributed by atoms with Crippen LogP contribution in [0.2, 0.25) is 0 Å².